The van der Waals surface area contributed by atoms with Crippen LogP contribution in [0.5, 0.6) is 0 Å². The van der Waals surface area contributed by atoms with Gasteiger partial charge >= 0.3 is 5.97 Å². The van der Waals surface area contributed by atoms with E-state index >= 15 is 0 Å². The highest BCUT2D eigenvalue weighted by atomic mass is 16.4. The minimum atomic E-state index is -0.873. The fourth-order valence-corrected chi connectivity index (χ4v) is 1.47. The summed E-state index contributed by atoms with van der Waals surface area (Å²) in [7, 11) is 0. The van der Waals surface area contributed by atoms with Crippen molar-refractivity contribution in [3.63, 3.8) is 0 Å². The second kappa shape index (κ2) is 4.69. The summed E-state index contributed by atoms with van der Waals surface area (Å²) in [5, 5.41) is 11.7. The van der Waals surface area contributed by atoms with E-state index in [1.807, 2.05) is 24.3 Å². The number of carbonyl (C=O) groups is 1. The van der Waals surface area contributed by atoms with Gasteiger partial charge in [0.25, 0.3) is 0 Å². The van der Waals surface area contributed by atoms with Crippen LogP contribution in [0.25, 0.3) is 11.3 Å². The molecule has 0 aliphatic rings. The Labute approximate surface area is 98.5 Å². The number of nitrogens with zero attached hydrogens (tertiary/aromatic N) is 1. The number of rotatable bonds is 4. The van der Waals surface area contributed by atoms with E-state index in [4.69, 9.17) is 5.11 Å². The van der Waals surface area contributed by atoms with Crippen molar-refractivity contribution < 1.29 is 9.90 Å². The predicted octanol–water partition coefficient (Wildman–Crippen LogP) is 1.96. The lowest BCUT2D eigenvalue weighted by Gasteiger charge is -2.10. The zero-order valence-corrected chi connectivity index (χ0v) is 9.34. The van der Waals surface area contributed by atoms with Gasteiger partial charge in [-0.25, -0.2) is 4.98 Å². The predicted molar refractivity (Wildman–Crippen MR) is 64.7 cm³/mol. The first-order valence-corrected chi connectivity index (χ1v) is 5.25. The summed E-state index contributed by atoms with van der Waals surface area (Å²) in [6, 6.07) is 6.90. The fraction of sp³-hybridized carbons (Fsp3) is 0.167. The Morgan fingerprint density at radius 1 is 1.41 bits per heavy atom. The van der Waals surface area contributed by atoms with Crippen LogP contribution in [0.15, 0.2) is 36.8 Å². The standard InChI is InChI=1S/C12H13N3O2/c1-8(12(16)17)15-10-4-2-9(3-5-10)11-6-13-7-14-11/h2-8,15H,1H3,(H,13,14)(H,16,17). The Bertz CT molecular complexity index is 491. The van der Waals surface area contributed by atoms with Gasteiger partial charge in [0, 0.05) is 5.69 Å². The van der Waals surface area contributed by atoms with Gasteiger partial charge in [-0.05, 0) is 24.6 Å². The van der Waals surface area contributed by atoms with Gasteiger partial charge in [0.15, 0.2) is 0 Å². The van der Waals surface area contributed by atoms with Crippen molar-refractivity contribution in [3.8, 4) is 11.3 Å². The monoisotopic (exact) mass is 231 g/mol. The SMILES string of the molecule is CC(Nc1ccc(-c2cnc[nH]2)cc1)C(=O)O. The first kappa shape index (κ1) is 11.2. The molecule has 3 N–H and O–H groups in total. The number of carboxylic acid groups (broad SMARTS) is 1. The van der Waals surface area contributed by atoms with Crippen molar-refractivity contribution in [1.82, 2.24) is 9.97 Å². The largest absolute Gasteiger partial charge is 0.480 e. The quantitative estimate of drug-likeness (QED) is 0.751. The number of nitrogens with one attached hydrogen (secondary N) is 2. The Morgan fingerprint density at radius 2 is 2.12 bits per heavy atom. The number of benzene rings is 1. The number of anilines is 1. The molecule has 2 rings (SSSR count). The molecule has 0 fully saturated rings. The van der Waals surface area contributed by atoms with E-state index in [1.165, 1.54) is 0 Å². The molecular weight excluding hydrogens is 218 g/mol. The number of aromatic amines is 1. The van der Waals surface area contributed by atoms with Crippen LogP contribution in [0.1, 0.15) is 6.92 Å². The van der Waals surface area contributed by atoms with Crippen molar-refractivity contribution in [1.29, 1.82) is 0 Å². The maximum atomic E-state index is 10.7. The molecule has 0 saturated heterocycles. The van der Waals surface area contributed by atoms with Crippen LogP contribution in [0, 0.1) is 0 Å². The van der Waals surface area contributed by atoms with Crippen molar-refractivity contribution in [2.75, 3.05) is 5.32 Å². The molecule has 0 spiro atoms. The molecule has 5 nitrogen and oxygen atoms in total. The molecule has 5 heteroatoms. The van der Waals surface area contributed by atoms with Gasteiger partial charge in [-0.1, -0.05) is 12.1 Å². The van der Waals surface area contributed by atoms with Crippen LogP contribution >= 0.6 is 0 Å². The second-order valence-electron chi connectivity index (χ2n) is 3.75. The van der Waals surface area contributed by atoms with Gasteiger partial charge in [0.05, 0.1) is 18.2 Å². The van der Waals surface area contributed by atoms with Gasteiger partial charge in [-0.2, -0.15) is 0 Å². The van der Waals surface area contributed by atoms with E-state index in [0.717, 1.165) is 16.9 Å². The first-order chi connectivity index (χ1) is 8.16. The van der Waals surface area contributed by atoms with Crippen molar-refractivity contribution >= 4 is 11.7 Å². The molecule has 17 heavy (non-hydrogen) atoms. The Morgan fingerprint density at radius 3 is 2.65 bits per heavy atom. The third kappa shape index (κ3) is 2.63. The molecule has 0 amide bonds. The Kier molecular flexibility index (Phi) is 3.09. The molecule has 0 aliphatic carbocycles. The van der Waals surface area contributed by atoms with Gasteiger partial charge in [-0.15, -0.1) is 0 Å². The number of hydrogen-bond acceptors (Lipinski definition) is 3. The number of carboxylic acids is 1. The lowest BCUT2D eigenvalue weighted by atomic mass is 10.1. The van der Waals surface area contributed by atoms with Crippen LogP contribution in [0.4, 0.5) is 5.69 Å². The maximum Gasteiger partial charge on any atom is 0.325 e. The van der Waals surface area contributed by atoms with Crippen LogP contribution in [-0.4, -0.2) is 27.1 Å². The fourth-order valence-electron chi connectivity index (χ4n) is 1.47. The molecule has 1 aromatic heterocycles. The molecule has 1 heterocycles. The van der Waals surface area contributed by atoms with E-state index in [-0.39, 0.29) is 0 Å². The highest BCUT2D eigenvalue weighted by Gasteiger charge is 2.09. The minimum absolute atomic E-state index is 0.604. The molecule has 1 atom stereocenters. The summed E-state index contributed by atoms with van der Waals surface area (Å²) in [4.78, 5) is 17.6. The first-order valence-electron chi connectivity index (χ1n) is 5.25. The summed E-state index contributed by atoms with van der Waals surface area (Å²) in [6.45, 7) is 1.60. The highest BCUT2D eigenvalue weighted by molar-refractivity contribution is 5.77. The van der Waals surface area contributed by atoms with Gasteiger partial charge in [0.2, 0.25) is 0 Å². The highest BCUT2D eigenvalue weighted by Crippen LogP contribution is 2.19. The molecular formula is C12H13N3O2. The molecule has 1 aromatic carbocycles. The summed E-state index contributed by atoms with van der Waals surface area (Å²) in [5.41, 5.74) is 2.72. The van der Waals surface area contributed by atoms with E-state index < -0.39 is 12.0 Å². The Hall–Kier alpha value is -2.30. The lowest BCUT2D eigenvalue weighted by Crippen LogP contribution is -2.25. The summed E-state index contributed by atoms with van der Waals surface area (Å²) < 4.78 is 0. The number of H-pyrrole nitrogens is 1. The van der Waals surface area contributed by atoms with Crippen molar-refractivity contribution in [2.24, 2.45) is 0 Å². The number of imidazole rings is 1. The van der Waals surface area contributed by atoms with Crippen molar-refractivity contribution in [3.05, 3.63) is 36.8 Å². The van der Waals surface area contributed by atoms with Crippen LogP contribution in [0.2, 0.25) is 0 Å². The average molecular weight is 231 g/mol. The molecule has 1 unspecified atom stereocenters. The molecule has 88 valence electrons. The molecule has 0 bridgehead atoms. The minimum Gasteiger partial charge on any atom is -0.480 e. The number of aliphatic carboxylic acids is 1. The third-order valence-electron chi connectivity index (χ3n) is 2.45. The number of aromatic nitrogens is 2. The van der Waals surface area contributed by atoms with E-state index in [0.29, 0.717) is 0 Å². The van der Waals surface area contributed by atoms with Gasteiger partial charge in [-0.3, -0.25) is 4.79 Å². The van der Waals surface area contributed by atoms with Crippen LogP contribution in [-0.2, 0) is 4.79 Å². The molecule has 0 saturated carbocycles. The zero-order chi connectivity index (χ0) is 12.3. The summed E-state index contributed by atoms with van der Waals surface area (Å²) in [5.74, 6) is -0.873. The van der Waals surface area contributed by atoms with E-state index in [1.54, 1.807) is 19.4 Å². The zero-order valence-electron chi connectivity index (χ0n) is 9.34. The van der Waals surface area contributed by atoms with Gasteiger partial charge in [0.1, 0.15) is 6.04 Å². The molecule has 0 radical (unpaired) electrons. The summed E-state index contributed by atoms with van der Waals surface area (Å²) >= 11 is 0. The number of hydrogen-bond donors (Lipinski definition) is 3. The van der Waals surface area contributed by atoms with Crippen LogP contribution in [0.3, 0.4) is 0 Å². The second-order valence-corrected chi connectivity index (χ2v) is 3.75. The third-order valence-corrected chi connectivity index (χ3v) is 2.45. The summed E-state index contributed by atoms with van der Waals surface area (Å²) in [6.07, 6.45) is 3.36. The van der Waals surface area contributed by atoms with Crippen LogP contribution < -0.4 is 5.32 Å². The van der Waals surface area contributed by atoms with E-state index in [9.17, 15) is 4.79 Å². The van der Waals surface area contributed by atoms with E-state index in [2.05, 4.69) is 15.3 Å². The molecule has 2 aromatic rings. The molecule has 0 aliphatic heterocycles. The topological polar surface area (TPSA) is 78.0 Å². The maximum absolute atomic E-state index is 10.7. The van der Waals surface area contributed by atoms with Crippen molar-refractivity contribution in [2.45, 2.75) is 13.0 Å². The van der Waals surface area contributed by atoms with Gasteiger partial charge < -0.3 is 15.4 Å². The lowest BCUT2D eigenvalue weighted by molar-refractivity contribution is -0.137. The smallest absolute Gasteiger partial charge is 0.325 e. The average Bonchev–Trinajstić information content (AvgIpc) is 2.83. The normalized spacial score (nSPS) is 12.1. The Balaban J connectivity index is 2.11.